The summed E-state index contributed by atoms with van der Waals surface area (Å²) in [5, 5.41) is 18.7. The Balaban J connectivity index is 1.59. The highest BCUT2D eigenvalue weighted by Gasteiger charge is 2.32. The van der Waals surface area contributed by atoms with E-state index in [-0.39, 0.29) is 30.1 Å². The van der Waals surface area contributed by atoms with Gasteiger partial charge in [-0.1, -0.05) is 0 Å². The molecule has 152 valence electrons. The Hall–Kier alpha value is -3.24. The molecule has 1 fully saturated rings. The third-order valence-corrected chi connectivity index (χ3v) is 5.16. The summed E-state index contributed by atoms with van der Waals surface area (Å²) in [5.41, 5.74) is 4.63. The molecule has 1 atom stereocenters. The molecule has 7 N–H and O–H groups in total. The fourth-order valence-electron chi connectivity index (χ4n) is 3.42. The number of benzene rings is 1. The standard InChI is InChI=1S/C19H23N7O3/c20-26-18(29)14-8-22-19(25-16(14)24-15(9-27)10-1-2-10)23-12-3-4-13-11(7-12)5-6-21-17(13)28/h3-4,7-8,10,15,27H,1-2,5-6,9,20H2,(H,21,28)(H,26,29)(H2,22,23,24,25)/t15-/m1/s1. The maximum absolute atomic E-state index is 12.1. The summed E-state index contributed by atoms with van der Waals surface area (Å²) in [7, 11) is 0. The van der Waals surface area contributed by atoms with Gasteiger partial charge in [0.2, 0.25) is 5.95 Å². The van der Waals surface area contributed by atoms with Crippen LogP contribution in [0, 0.1) is 5.92 Å². The van der Waals surface area contributed by atoms with Crippen molar-refractivity contribution in [1.82, 2.24) is 20.7 Å². The second kappa shape index (κ2) is 8.02. The van der Waals surface area contributed by atoms with Gasteiger partial charge in [-0.3, -0.25) is 15.0 Å². The third-order valence-electron chi connectivity index (χ3n) is 5.16. The molecule has 1 saturated carbocycles. The molecule has 29 heavy (non-hydrogen) atoms. The average Bonchev–Trinajstić information content (AvgIpc) is 3.57. The molecular weight excluding hydrogens is 374 g/mol. The van der Waals surface area contributed by atoms with Gasteiger partial charge in [0.15, 0.2) is 0 Å². The van der Waals surface area contributed by atoms with Crippen molar-refractivity contribution >= 4 is 29.3 Å². The molecule has 0 bridgehead atoms. The Labute approximate surface area is 167 Å². The average molecular weight is 397 g/mol. The molecule has 0 unspecified atom stereocenters. The van der Waals surface area contributed by atoms with Crippen molar-refractivity contribution in [2.24, 2.45) is 11.8 Å². The van der Waals surface area contributed by atoms with Gasteiger partial charge in [0, 0.05) is 24.0 Å². The second-order valence-electron chi connectivity index (χ2n) is 7.20. The van der Waals surface area contributed by atoms with E-state index in [9.17, 15) is 14.7 Å². The minimum Gasteiger partial charge on any atom is -0.394 e. The molecule has 2 amide bonds. The first kappa shape index (κ1) is 19.1. The van der Waals surface area contributed by atoms with E-state index in [0.717, 1.165) is 30.5 Å². The van der Waals surface area contributed by atoms with Crippen molar-refractivity contribution in [3.63, 3.8) is 0 Å². The number of aliphatic hydroxyl groups excluding tert-OH is 1. The Morgan fingerprint density at radius 3 is 2.93 bits per heavy atom. The van der Waals surface area contributed by atoms with Gasteiger partial charge in [0.1, 0.15) is 11.4 Å². The van der Waals surface area contributed by atoms with Crippen LogP contribution in [0.2, 0.25) is 0 Å². The van der Waals surface area contributed by atoms with Crippen molar-refractivity contribution in [3.05, 3.63) is 41.1 Å². The first-order chi connectivity index (χ1) is 14.1. The largest absolute Gasteiger partial charge is 0.394 e. The topological polar surface area (TPSA) is 154 Å². The number of hydrogen-bond donors (Lipinski definition) is 6. The minimum atomic E-state index is -0.522. The van der Waals surface area contributed by atoms with Gasteiger partial charge in [-0.05, 0) is 48.9 Å². The minimum absolute atomic E-state index is 0.0615. The summed E-state index contributed by atoms with van der Waals surface area (Å²) in [6, 6.07) is 5.24. The van der Waals surface area contributed by atoms with Crippen LogP contribution in [0.5, 0.6) is 0 Å². The van der Waals surface area contributed by atoms with E-state index in [1.165, 1.54) is 6.20 Å². The van der Waals surface area contributed by atoms with Crippen LogP contribution in [-0.4, -0.2) is 46.1 Å². The molecule has 1 aliphatic heterocycles. The van der Waals surface area contributed by atoms with E-state index in [4.69, 9.17) is 5.84 Å². The number of nitrogens with two attached hydrogens (primary N) is 1. The van der Waals surface area contributed by atoms with Crippen molar-refractivity contribution < 1.29 is 14.7 Å². The lowest BCUT2D eigenvalue weighted by Gasteiger charge is -2.19. The number of nitrogens with one attached hydrogen (secondary N) is 4. The number of nitrogen functional groups attached to an aromatic ring is 1. The van der Waals surface area contributed by atoms with Crippen molar-refractivity contribution in [2.45, 2.75) is 25.3 Å². The number of hydrogen-bond acceptors (Lipinski definition) is 8. The van der Waals surface area contributed by atoms with Crippen LogP contribution in [0.3, 0.4) is 0 Å². The van der Waals surface area contributed by atoms with Crippen molar-refractivity contribution in [3.8, 4) is 0 Å². The van der Waals surface area contributed by atoms with Gasteiger partial charge >= 0.3 is 0 Å². The molecule has 2 heterocycles. The maximum Gasteiger partial charge on any atom is 0.270 e. The SMILES string of the molecule is NNC(=O)c1cnc(Nc2ccc3c(c2)CCNC3=O)nc1N[C@H](CO)C1CC1. The lowest BCUT2D eigenvalue weighted by Crippen LogP contribution is -2.33. The molecule has 10 nitrogen and oxygen atoms in total. The molecule has 2 aromatic rings. The number of fused-ring (bicyclic) bond motifs is 1. The van der Waals surface area contributed by atoms with Gasteiger partial charge in [-0.15, -0.1) is 0 Å². The summed E-state index contributed by atoms with van der Waals surface area (Å²) in [4.78, 5) is 32.6. The fourth-order valence-corrected chi connectivity index (χ4v) is 3.42. The van der Waals surface area contributed by atoms with E-state index in [2.05, 4.69) is 31.3 Å². The molecule has 2 aliphatic rings. The van der Waals surface area contributed by atoms with Crippen LogP contribution in [-0.2, 0) is 6.42 Å². The summed E-state index contributed by atoms with van der Waals surface area (Å²) in [6.07, 6.45) is 4.18. The predicted octanol–water partition coefficient (Wildman–Crippen LogP) is 0.292. The van der Waals surface area contributed by atoms with Gasteiger partial charge in [-0.25, -0.2) is 10.8 Å². The Kier molecular flexibility index (Phi) is 5.28. The van der Waals surface area contributed by atoms with E-state index in [0.29, 0.717) is 23.8 Å². The molecule has 0 saturated heterocycles. The van der Waals surface area contributed by atoms with E-state index in [1.54, 1.807) is 12.1 Å². The van der Waals surface area contributed by atoms with E-state index in [1.807, 2.05) is 6.07 Å². The van der Waals surface area contributed by atoms with Gasteiger partial charge in [0.05, 0.1) is 12.6 Å². The lowest BCUT2D eigenvalue weighted by molar-refractivity contribution is 0.0941. The van der Waals surface area contributed by atoms with E-state index < -0.39 is 5.91 Å². The Bertz CT molecular complexity index is 945. The molecule has 0 spiro atoms. The van der Waals surface area contributed by atoms with Gasteiger partial charge < -0.3 is 21.1 Å². The molecule has 0 radical (unpaired) electrons. The summed E-state index contributed by atoms with van der Waals surface area (Å²) < 4.78 is 0. The number of nitrogens with zero attached hydrogens (tertiary/aromatic N) is 2. The quantitative estimate of drug-likeness (QED) is 0.221. The van der Waals surface area contributed by atoms with Gasteiger partial charge in [0.25, 0.3) is 11.8 Å². The second-order valence-corrected chi connectivity index (χ2v) is 7.20. The highest BCUT2D eigenvalue weighted by atomic mass is 16.3. The first-order valence-corrected chi connectivity index (χ1v) is 9.52. The normalized spacial score (nSPS) is 16.4. The van der Waals surface area contributed by atoms with Crippen molar-refractivity contribution in [2.75, 3.05) is 23.8 Å². The van der Waals surface area contributed by atoms with Crippen LogP contribution < -0.4 is 27.2 Å². The van der Waals surface area contributed by atoms with Crippen molar-refractivity contribution in [1.29, 1.82) is 0 Å². The van der Waals surface area contributed by atoms with Crippen LogP contribution in [0.4, 0.5) is 17.5 Å². The Morgan fingerprint density at radius 2 is 2.21 bits per heavy atom. The summed E-state index contributed by atoms with van der Waals surface area (Å²) in [5.74, 6) is 5.61. The third kappa shape index (κ3) is 4.13. The maximum atomic E-state index is 12.1. The first-order valence-electron chi connectivity index (χ1n) is 9.52. The fraction of sp³-hybridized carbons (Fsp3) is 0.368. The smallest absolute Gasteiger partial charge is 0.270 e. The Morgan fingerprint density at radius 1 is 1.38 bits per heavy atom. The monoisotopic (exact) mass is 397 g/mol. The highest BCUT2D eigenvalue weighted by molar-refractivity contribution is 5.98. The summed E-state index contributed by atoms with van der Waals surface area (Å²) >= 11 is 0. The van der Waals surface area contributed by atoms with Crippen LogP contribution in [0.15, 0.2) is 24.4 Å². The molecular formula is C19H23N7O3. The van der Waals surface area contributed by atoms with Gasteiger partial charge in [-0.2, -0.15) is 4.98 Å². The molecule has 1 aromatic heterocycles. The lowest BCUT2D eigenvalue weighted by atomic mass is 10.00. The zero-order chi connectivity index (χ0) is 20.4. The number of aromatic nitrogens is 2. The van der Waals surface area contributed by atoms with E-state index >= 15 is 0 Å². The zero-order valence-electron chi connectivity index (χ0n) is 15.7. The van der Waals surface area contributed by atoms with Crippen LogP contribution in [0.25, 0.3) is 0 Å². The number of carbonyl (C=O) groups is 2. The molecule has 10 heteroatoms. The van der Waals surface area contributed by atoms with Crippen LogP contribution >= 0.6 is 0 Å². The highest BCUT2D eigenvalue weighted by Crippen LogP contribution is 2.34. The summed E-state index contributed by atoms with van der Waals surface area (Å²) in [6.45, 7) is 0.542. The molecule has 1 aromatic carbocycles. The zero-order valence-corrected chi connectivity index (χ0v) is 15.7. The number of rotatable bonds is 7. The number of hydrazine groups is 1. The predicted molar refractivity (Wildman–Crippen MR) is 107 cm³/mol. The molecule has 4 rings (SSSR count). The number of aliphatic hydroxyl groups is 1. The molecule has 1 aliphatic carbocycles. The number of amides is 2. The number of anilines is 3. The number of carbonyl (C=O) groups excluding carboxylic acids is 2. The van der Waals surface area contributed by atoms with Crippen LogP contribution in [0.1, 0.15) is 39.1 Å².